The Labute approximate surface area is 107 Å². The molecule has 5 heteroatoms. The number of carboxylic acid groups (broad SMARTS) is 2. The van der Waals surface area contributed by atoms with Gasteiger partial charge in [0.2, 0.25) is 0 Å². The maximum Gasteiger partial charge on any atom is 0.321 e. The van der Waals surface area contributed by atoms with Gasteiger partial charge in [-0.05, 0) is 25.7 Å². The van der Waals surface area contributed by atoms with Crippen molar-refractivity contribution < 1.29 is 19.8 Å². The number of hydrogen-bond donors (Lipinski definition) is 2. The number of aliphatic carboxylic acids is 2. The van der Waals surface area contributed by atoms with Crippen LogP contribution in [0.3, 0.4) is 0 Å². The number of carboxylic acids is 2. The van der Waals surface area contributed by atoms with Gasteiger partial charge in [-0.15, -0.1) is 0 Å². The predicted octanol–water partition coefficient (Wildman–Crippen LogP) is 1.57. The molecule has 1 saturated carbocycles. The number of carbonyl (C=O) groups is 2. The second kappa shape index (κ2) is 5.26. The first-order valence-corrected chi connectivity index (χ1v) is 6.77. The van der Waals surface area contributed by atoms with Crippen LogP contribution < -0.4 is 0 Å². The zero-order valence-corrected chi connectivity index (χ0v) is 10.6. The van der Waals surface area contributed by atoms with Crippen molar-refractivity contribution in [2.24, 2.45) is 5.41 Å². The molecule has 2 N–H and O–H groups in total. The third-order valence-corrected chi connectivity index (χ3v) is 4.56. The molecule has 0 aromatic carbocycles. The Morgan fingerprint density at radius 2 is 1.44 bits per heavy atom. The average Bonchev–Trinajstić information content (AvgIpc) is 2.39. The molecule has 0 bridgehead atoms. The normalized spacial score (nSPS) is 25.8. The van der Waals surface area contributed by atoms with E-state index in [1.165, 1.54) is 32.1 Å². The first-order valence-electron chi connectivity index (χ1n) is 6.77. The standard InChI is InChI=1S/C13H21NO4/c15-11(16)13(12(17)18)6-8-14(9-7-13)10-4-2-1-3-5-10/h10H,1-9H2,(H,15,16)(H,17,18). The first kappa shape index (κ1) is 13.3. The van der Waals surface area contributed by atoms with Crippen LogP contribution in [0.4, 0.5) is 0 Å². The largest absolute Gasteiger partial charge is 0.480 e. The SMILES string of the molecule is O=C(O)C1(C(=O)O)CCN(C2CCCCC2)CC1. The quantitative estimate of drug-likeness (QED) is 0.748. The fourth-order valence-electron chi connectivity index (χ4n) is 3.24. The summed E-state index contributed by atoms with van der Waals surface area (Å²) in [6.07, 6.45) is 6.58. The highest BCUT2D eigenvalue weighted by molar-refractivity contribution is 5.98. The minimum absolute atomic E-state index is 0.230. The summed E-state index contributed by atoms with van der Waals surface area (Å²) in [5, 5.41) is 18.3. The van der Waals surface area contributed by atoms with Crippen molar-refractivity contribution in [2.45, 2.75) is 51.0 Å². The first-order chi connectivity index (χ1) is 8.56. The van der Waals surface area contributed by atoms with Crippen molar-refractivity contribution in [1.82, 2.24) is 4.90 Å². The van der Waals surface area contributed by atoms with E-state index >= 15 is 0 Å². The lowest BCUT2D eigenvalue weighted by Gasteiger charge is -2.41. The minimum atomic E-state index is -1.55. The van der Waals surface area contributed by atoms with Gasteiger partial charge in [-0.2, -0.15) is 0 Å². The van der Waals surface area contributed by atoms with E-state index in [9.17, 15) is 9.59 Å². The molecular weight excluding hydrogens is 234 g/mol. The number of nitrogens with zero attached hydrogens (tertiary/aromatic N) is 1. The number of piperidine rings is 1. The summed E-state index contributed by atoms with van der Waals surface area (Å²) >= 11 is 0. The van der Waals surface area contributed by atoms with Crippen molar-refractivity contribution in [3.05, 3.63) is 0 Å². The maximum absolute atomic E-state index is 11.2. The molecule has 2 rings (SSSR count). The van der Waals surface area contributed by atoms with E-state index < -0.39 is 17.4 Å². The van der Waals surface area contributed by atoms with E-state index in [0.29, 0.717) is 19.1 Å². The van der Waals surface area contributed by atoms with Crippen molar-refractivity contribution in [3.8, 4) is 0 Å². The van der Waals surface area contributed by atoms with Crippen molar-refractivity contribution in [3.63, 3.8) is 0 Å². The van der Waals surface area contributed by atoms with Crippen molar-refractivity contribution in [2.75, 3.05) is 13.1 Å². The van der Waals surface area contributed by atoms with Gasteiger partial charge in [-0.1, -0.05) is 19.3 Å². The Bertz CT molecular complexity index is 312. The van der Waals surface area contributed by atoms with E-state index in [0.717, 1.165) is 0 Å². The average molecular weight is 255 g/mol. The zero-order valence-electron chi connectivity index (χ0n) is 10.6. The Morgan fingerprint density at radius 1 is 0.944 bits per heavy atom. The second-order valence-corrected chi connectivity index (χ2v) is 5.52. The Balaban J connectivity index is 1.97. The molecule has 0 aromatic rings. The molecule has 1 saturated heterocycles. The lowest BCUT2D eigenvalue weighted by molar-refractivity contribution is -0.169. The highest BCUT2D eigenvalue weighted by Gasteiger charge is 2.49. The molecule has 0 aromatic heterocycles. The molecule has 0 unspecified atom stereocenters. The number of hydrogen-bond acceptors (Lipinski definition) is 3. The predicted molar refractivity (Wildman–Crippen MR) is 65.4 cm³/mol. The molecule has 1 heterocycles. The van der Waals surface area contributed by atoms with Crippen LogP contribution in [-0.2, 0) is 9.59 Å². The summed E-state index contributed by atoms with van der Waals surface area (Å²) in [7, 11) is 0. The molecule has 102 valence electrons. The van der Waals surface area contributed by atoms with E-state index in [1.54, 1.807) is 0 Å². The van der Waals surface area contributed by atoms with Gasteiger partial charge in [0.05, 0.1) is 0 Å². The lowest BCUT2D eigenvalue weighted by atomic mass is 9.77. The Hall–Kier alpha value is -1.10. The van der Waals surface area contributed by atoms with Crippen molar-refractivity contribution in [1.29, 1.82) is 0 Å². The summed E-state index contributed by atoms with van der Waals surface area (Å²) in [4.78, 5) is 24.7. The Kier molecular flexibility index (Phi) is 3.90. The van der Waals surface area contributed by atoms with Gasteiger partial charge < -0.3 is 15.1 Å². The maximum atomic E-state index is 11.2. The molecular formula is C13H21NO4. The molecule has 18 heavy (non-hydrogen) atoms. The monoisotopic (exact) mass is 255 g/mol. The summed E-state index contributed by atoms with van der Waals surface area (Å²) in [6, 6.07) is 0.541. The summed E-state index contributed by atoms with van der Waals surface area (Å²) in [5.74, 6) is -2.36. The smallest absolute Gasteiger partial charge is 0.321 e. The highest BCUT2D eigenvalue weighted by Crippen LogP contribution is 2.35. The van der Waals surface area contributed by atoms with Gasteiger partial charge in [0.25, 0.3) is 0 Å². The molecule has 0 radical (unpaired) electrons. The topological polar surface area (TPSA) is 77.8 Å². The highest BCUT2D eigenvalue weighted by atomic mass is 16.4. The molecule has 5 nitrogen and oxygen atoms in total. The van der Waals surface area contributed by atoms with Gasteiger partial charge in [0, 0.05) is 19.1 Å². The van der Waals surface area contributed by atoms with E-state index in [1.807, 2.05) is 0 Å². The van der Waals surface area contributed by atoms with Crippen LogP contribution in [0.15, 0.2) is 0 Å². The third kappa shape index (κ3) is 2.36. The summed E-state index contributed by atoms with van der Waals surface area (Å²) < 4.78 is 0. The van der Waals surface area contributed by atoms with Crippen molar-refractivity contribution >= 4 is 11.9 Å². The lowest BCUT2D eigenvalue weighted by Crippen LogP contribution is -2.51. The van der Waals surface area contributed by atoms with E-state index in [2.05, 4.69) is 4.90 Å². The van der Waals surface area contributed by atoms with E-state index in [-0.39, 0.29) is 12.8 Å². The van der Waals surface area contributed by atoms with E-state index in [4.69, 9.17) is 10.2 Å². The van der Waals surface area contributed by atoms with Gasteiger partial charge in [-0.3, -0.25) is 9.59 Å². The minimum Gasteiger partial charge on any atom is -0.480 e. The molecule has 0 atom stereocenters. The van der Waals surface area contributed by atoms with Crippen LogP contribution in [0.1, 0.15) is 44.9 Å². The fraction of sp³-hybridized carbons (Fsp3) is 0.846. The fourth-order valence-corrected chi connectivity index (χ4v) is 3.24. The van der Waals surface area contributed by atoms with Gasteiger partial charge in [0.15, 0.2) is 5.41 Å². The zero-order chi connectivity index (χ0) is 13.2. The van der Waals surface area contributed by atoms with Crippen LogP contribution in [-0.4, -0.2) is 46.2 Å². The Morgan fingerprint density at radius 3 is 1.89 bits per heavy atom. The third-order valence-electron chi connectivity index (χ3n) is 4.56. The van der Waals surface area contributed by atoms with Gasteiger partial charge in [-0.25, -0.2) is 0 Å². The second-order valence-electron chi connectivity index (χ2n) is 5.52. The van der Waals surface area contributed by atoms with Crippen LogP contribution in [0.2, 0.25) is 0 Å². The molecule has 2 aliphatic rings. The number of rotatable bonds is 3. The van der Waals surface area contributed by atoms with Gasteiger partial charge >= 0.3 is 11.9 Å². The van der Waals surface area contributed by atoms with Crippen LogP contribution in [0, 0.1) is 5.41 Å². The molecule has 1 aliphatic carbocycles. The van der Waals surface area contributed by atoms with Gasteiger partial charge in [0.1, 0.15) is 0 Å². The summed E-state index contributed by atoms with van der Waals surface area (Å²) in [5.41, 5.74) is -1.55. The molecule has 0 amide bonds. The molecule has 2 fully saturated rings. The molecule has 1 aliphatic heterocycles. The number of likely N-dealkylation sites (tertiary alicyclic amines) is 1. The summed E-state index contributed by atoms with van der Waals surface area (Å²) in [6.45, 7) is 1.20. The molecule has 0 spiro atoms. The van der Waals surface area contributed by atoms with Crippen LogP contribution in [0.25, 0.3) is 0 Å². The van der Waals surface area contributed by atoms with Crippen LogP contribution >= 0.6 is 0 Å². The van der Waals surface area contributed by atoms with Crippen LogP contribution in [0.5, 0.6) is 0 Å².